The van der Waals surface area contributed by atoms with Crippen molar-refractivity contribution in [2.45, 2.75) is 0 Å². The molecular weight excluding hydrogens is 318 g/mol. The molecule has 5 nitrogen and oxygen atoms in total. The van der Waals surface area contributed by atoms with Crippen LogP contribution in [0.25, 0.3) is 10.8 Å². The first-order chi connectivity index (χ1) is 11.1. The number of fused-ring (bicyclic) bond motifs is 1. The van der Waals surface area contributed by atoms with Crippen LogP contribution in [-0.2, 0) is 0 Å². The highest BCUT2D eigenvalue weighted by molar-refractivity contribution is 6.35. The largest absolute Gasteiger partial charge is 0.493 e. The van der Waals surface area contributed by atoms with Crippen LogP contribution >= 0.6 is 11.6 Å². The molecule has 0 radical (unpaired) electrons. The number of non-ortho nitro benzene ring substituents is 1. The highest BCUT2D eigenvalue weighted by Gasteiger charge is 2.14. The van der Waals surface area contributed by atoms with Gasteiger partial charge >= 0.3 is 0 Å². The standard InChI is InChI=1S/C17H12ClNO4/c1-22-17-10-11(19(20)21)6-8-16(17)23-15-9-7-14(18)12-4-2-3-5-13(12)15/h2-10H,1H3. The Morgan fingerprint density at radius 1 is 0.957 bits per heavy atom. The molecule has 3 aromatic rings. The summed E-state index contributed by atoms with van der Waals surface area (Å²) in [7, 11) is 1.44. The van der Waals surface area contributed by atoms with Gasteiger partial charge in [0.2, 0.25) is 0 Å². The quantitative estimate of drug-likeness (QED) is 0.487. The molecule has 0 N–H and O–H groups in total. The van der Waals surface area contributed by atoms with E-state index in [2.05, 4.69) is 0 Å². The molecule has 0 aliphatic rings. The summed E-state index contributed by atoms with van der Waals surface area (Å²) in [5.41, 5.74) is -0.0600. The topological polar surface area (TPSA) is 61.6 Å². The summed E-state index contributed by atoms with van der Waals surface area (Å²) in [4.78, 5) is 10.4. The van der Waals surface area contributed by atoms with E-state index >= 15 is 0 Å². The molecule has 0 bridgehead atoms. The molecule has 0 amide bonds. The van der Waals surface area contributed by atoms with E-state index in [9.17, 15) is 10.1 Å². The first-order valence-electron chi connectivity index (χ1n) is 6.77. The van der Waals surface area contributed by atoms with E-state index in [-0.39, 0.29) is 5.69 Å². The van der Waals surface area contributed by atoms with Crippen LogP contribution < -0.4 is 9.47 Å². The lowest BCUT2D eigenvalue weighted by atomic mass is 10.1. The fraction of sp³-hybridized carbons (Fsp3) is 0.0588. The Kier molecular flexibility index (Phi) is 4.04. The molecular formula is C17H12ClNO4. The summed E-state index contributed by atoms with van der Waals surface area (Å²) in [6, 6.07) is 15.3. The monoisotopic (exact) mass is 329 g/mol. The van der Waals surface area contributed by atoms with Crippen molar-refractivity contribution in [3.8, 4) is 17.2 Å². The highest BCUT2D eigenvalue weighted by Crippen LogP contribution is 2.38. The molecule has 116 valence electrons. The van der Waals surface area contributed by atoms with Crippen molar-refractivity contribution in [1.82, 2.24) is 0 Å². The molecule has 0 saturated carbocycles. The van der Waals surface area contributed by atoms with Gasteiger partial charge < -0.3 is 9.47 Å². The number of methoxy groups -OCH3 is 1. The van der Waals surface area contributed by atoms with Crippen LogP contribution in [0.5, 0.6) is 17.2 Å². The second-order valence-corrected chi connectivity index (χ2v) is 5.19. The predicted molar refractivity (Wildman–Crippen MR) is 88.7 cm³/mol. The number of hydrogen-bond acceptors (Lipinski definition) is 4. The van der Waals surface area contributed by atoms with Crippen molar-refractivity contribution in [3.63, 3.8) is 0 Å². The second kappa shape index (κ2) is 6.14. The van der Waals surface area contributed by atoms with Gasteiger partial charge in [0.15, 0.2) is 11.5 Å². The minimum atomic E-state index is -0.482. The van der Waals surface area contributed by atoms with Crippen molar-refractivity contribution in [1.29, 1.82) is 0 Å². The Labute approximate surface area is 137 Å². The SMILES string of the molecule is COc1cc([N+](=O)[O-])ccc1Oc1ccc(Cl)c2ccccc12. The molecule has 6 heteroatoms. The average molecular weight is 330 g/mol. The lowest BCUT2D eigenvalue weighted by Gasteiger charge is -2.12. The number of benzene rings is 3. The first kappa shape index (κ1) is 15.1. The molecule has 0 unspecified atom stereocenters. The fourth-order valence-electron chi connectivity index (χ4n) is 2.30. The van der Waals surface area contributed by atoms with Crippen molar-refractivity contribution < 1.29 is 14.4 Å². The van der Waals surface area contributed by atoms with Gasteiger partial charge in [0.1, 0.15) is 5.75 Å². The van der Waals surface area contributed by atoms with Gasteiger partial charge in [0.05, 0.1) is 18.1 Å². The zero-order valence-corrected chi connectivity index (χ0v) is 12.9. The van der Waals surface area contributed by atoms with Gasteiger partial charge in [-0.05, 0) is 18.2 Å². The highest BCUT2D eigenvalue weighted by atomic mass is 35.5. The van der Waals surface area contributed by atoms with Crippen molar-refractivity contribution in [2.75, 3.05) is 7.11 Å². The Morgan fingerprint density at radius 3 is 2.35 bits per heavy atom. The maximum Gasteiger partial charge on any atom is 0.273 e. The van der Waals surface area contributed by atoms with Crippen LogP contribution in [0.1, 0.15) is 0 Å². The maximum absolute atomic E-state index is 10.8. The van der Waals surface area contributed by atoms with Gasteiger partial charge in [-0.3, -0.25) is 10.1 Å². The molecule has 0 spiro atoms. The minimum Gasteiger partial charge on any atom is -0.493 e. The summed E-state index contributed by atoms with van der Waals surface area (Å²) >= 11 is 6.19. The van der Waals surface area contributed by atoms with Crippen molar-refractivity contribution in [2.24, 2.45) is 0 Å². The van der Waals surface area contributed by atoms with E-state index in [0.717, 1.165) is 10.8 Å². The van der Waals surface area contributed by atoms with Crippen LogP contribution in [0.2, 0.25) is 5.02 Å². The number of nitro benzene ring substituents is 1. The number of halogens is 1. The van der Waals surface area contributed by atoms with Gasteiger partial charge in [0.25, 0.3) is 5.69 Å². The third-order valence-electron chi connectivity index (χ3n) is 3.41. The maximum atomic E-state index is 10.8. The van der Waals surface area contributed by atoms with Crippen LogP contribution in [0.15, 0.2) is 54.6 Å². The van der Waals surface area contributed by atoms with Gasteiger partial charge in [0, 0.05) is 21.9 Å². The predicted octanol–water partition coefficient (Wildman–Crippen LogP) is 5.20. The van der Waals surface area contributed by atoms with E-state index in [4.69, 9.17) is 21.1 Å². The molecule has 0 heterocycles. The Hall–Kier alpha value is -2.79. The molecule has 0 saturated heterocycles. The Balaban J connectivity index is 2.06. The summed E-state index contributed by atoms with van der Waals surface area (Å²) in [6.07, 6.45) is 0. The minimum absolute atomic E-state index is 0.0600. The fourth-order valence-corrected chi connectivity index (χ4v) is 2.52. The van der Waals surface area contributed by atoms with Gasteiger partial charge in [-0.2, -0.15) is 0 Å². The summed E-state index contributed by atoms with van der Waals surface area (Å²) in [5, 5.41) is 13.2. The van der Waals surface area contributed by atoms with Gasteiger partial charge in [-0.15, -0.1) is 0 Å². The lowest BCUT2D eigenvalue weighted by Crippen LogP contribution is -1.94. The van der Waals surface area contributed by atoms with E-state index in [1.165, 1.54) is 25.3 Å². The van der Waals surface area contributed by atoms with Crippen LogP contribution in [-0.4, -0.2) is 12.0 Å². The molecule has 3 rings (SSSR count). The smallest absolute Gasteiger partial charge is 0.273 e. The molecule has 0 aliphatic carbocycles. The zero-order valence-electron chi connectivity index (χ0n) is 12.2. The third kappa shape index (κ3) is 2.91. The summed E-state index contributed by atoms with van der Waals surface area (Å²) in [6.45, 7) is 0. The second-order valence-electron chi connectivity index (χ2n) is 4.79. The molecule has 0 aromatic heterocycles. The lowest BCUT2D eigenvalue weighted by molar-refractivity contribution is -0.384. The van der Waals surface area contributed by atoms with Gasteiger partial charge in [-0.25, -0.2) is 0 Å². The molecule has 0 aliphatic heterocycles. The van der Waals surface area contributed by atoms with E-state index in [1.54, 1.807) is 12.1 Å². The molecule has 0 atom stereocenters. The first-order valence-corrected chi connectivity index (χ1v) is 7.15. The molecule has 0 fully saturated rings. The number of nitro groups is 1. The van der Waals surface area contributed by atoms with E-state index in [1.807, 2.05) is 24.3 Å². The molecule has 3 aromatic carbocycles. The molecule has 23 heavy (non-hydrogen) atoms. The van der Waals surface area contributed by atoms with Gasteiger partial charge in [-0.1, -0.05) is 35.9 Å². The Morgan fingerprint density at radius 2 is 1.65 bits per heavy atom. The Bertz CT molecular complexity index is 895. The zero-order chi connectivity index (χ0) is 16.4. The number of hydrogen-bond donors (Lipinski definition) is 0. The van der Waals surface area contributed by atoms with Crippen LogP contribution in [0.3, 0.4) is 0 Å². The normalized spacial score (nSPS) is 10.5. The summed E-state index contributed by atoms with van der Waals surface area (Å²) in [5.74, 6) is 1.28. The number of nitrogens with zero attached hydrogens (tertiary/aromatic N) is 1. The van der Waals surface area contributed by atoms with Crippen molar-refractivity contribution >= 4 is 28.1 Å². The van der Waals surface area contributed by atoms with Crippen LogP contribution in [0.4, 0.5) is 5.69 Å². The van der Waals surface area contributed by atoms with Crippen molar-refractivity contribution in [3.05, 3.63) is 69.7 Å². The van der Waals surface area contributed by atoms with E-state index in [0.29, 0.717) is 22.3 Å². The summed E-state index contributed by atoms with van der Waals surface area (Å²) < 4.78 is 11.1. The average Bonchev–Trinajstić information content (AvgIpc) is 2.57. The van der Waals surface area contributed by atoms with E-state index < -0.39 is 4.92 Å². The van der Waals surface area contributed by atoms with Crippen LogP contribution in [0, 0.1) is 10.1 Å². The third-order valence-corrected chi connectivity index (χ3v) is 3.74. The number of ether oxygens (including phenoxy) is 2. The number of rotatable bonds is 4.